The van der Waals surface area contributed by atoms with Gasteiger partial charge in [0.25, 0.3) is 0 Å². The van der Waals surface area contributed by atoms with E-state index in [9.17, 15) is 30.3 Å². The number of carbonyl (C=O) groups is 1. The van der Waals surface area contributed by atoms with Crippen LogP contribution in [0.3, 0.4) is 0 Å². The van der Waals surface area contributed by atoms with E-state index in [-0.39, 0.29) is 41.8 Å². The van der Waals surface area contributed by atoms with Crippen LogP contribution < -0.4 is 0 Å². The molecule has 23 atom stereocenters. The summed E-state index contributed by atoms with van der Waals surface area (Å²) in [5.74, 6) is -1.06. The quantitative estimate of drug-likeness (QED) is 0.132. The second kappa shape index (κ2) is 19.3. The number of fused-ring (bicyclic) bond motifs is 5. The van der Waals surface area contributed by atoms with Crippen LogP contribution in [0.4, 0.5) is 0 Å². The van der Waals surface area contributed by atoms with Gasteiger partial charge in [-0.25, -0.2) is 0 Å². The molecule has 23 unspecified atom stereocenters. The van der Waals surface area contributed by atoms with Gasteiger partial charge in [0, 0.05) is 57.8 Å². The molecule has 0 aromatic rings. The van der Waals surface area contributed by atoms with Gasteiger partial charge in [0.2, 0.25) is 0 Å². The lowest BCUT2D eigenvalue weighted by Crippen LogP contribution is -2.71. The summed E-state index contributed by atoms with van der Waals surface area (Å²) in [6.45, 7) is 15.3. The Balaban J connectivity index is 0.960. The average Bonchev–Trinajstić information content (AvgIpc) is 3.51. The molecule has 7 rings (SSSR count). The predicted octanol–water partition coefficient (Wildman–Crippen LogP) is 3.54. The van der Waals surface area contributed by atoms with Crippen LogP contribution in [0.1, 0.15) is 113 Å². The molecule has 5 N–H and O–H groups in total. The zero-order valence-corrected chi connectivity index (χ0v) is 39.3. The number of hydrogen-bond acceptors (Lipinski definition) is 16. The summed E-state index contributed by atoms with van der Waals surface area (Å²) >= 11 is 0. The van der Waals surface area contributed by atoms with E-state index in [4.69, 9.17) is 47.4 Å². The van der Waals surface area contributed by atoms with E-state index in [1.165, 1.54) is 12.7 Å². The van der Waals surface area contributed by atoms with Crippen LogP contribution in [0.25, 0.3) is 0 Å². The van der Waals surface area contributed by atoms with Gasteiger partial charge in [0.15, 0.2) is 18.9 Å². The van der Waals surface area contributed by atoms with Crippen molar-refractivity contribution < 1.29 is 77.7 Å². The molecule has 0 aromatic carbocycles. The highest BCUT2D eigenvalue weighted by atomic mass is 16.8. The molecule has 16 heteroatoms. The predicted molar refractivity (Wildman–Crippen MR) is 226 cm³/mol. The first-order valence-electron chi connectivity index (χ1n) is 23.6. The van der Waals surface area contributed by atoms with Crippen LogP contribution >= 0.6 is 0 Å². The highest BCUT2D eigenvalue weighted by Crippen LogP contribution is 2.68. The Bertz CT molecular complexity index is 1600. The summed E-state index contributed by atoms with van der Waals surface area (Å²) in [6.07, 6.45) is -4.84. The zero-order chi connectivity index (χ0) is 45.9. The normalized spacial score (nSPS) is 50.6. The Labute approximate surface area is 373 Å². The number of ether oxygens (including phenoxy) is 10. The second-order valence-corrected chi connectivity index (χ2v) is 20.7. The highest BCUT2D eigenvalue weighted by molar-refractivity contribution is 5.69. The van der Waals surface area contributed by atoms with E-state index in [0.29, 0.717) is 57.8 Å². The molecule has 0 spiro atoms. The van der Waals surface area contributed by atoms with Gasteiger partial charge in [-0.2, -0.15) is 0 Å². The van der Waals surface area contributed by atoms with Gasteiger partial charge in [-0.05, 0) is 83.5 Å². The Kier molecular flexibility index (Phi) is 15.2. The third kappa shape index (κ3) is 8.95. The van der Waals surface area contributed by atoms with Crippen LogP contribution in [0.2, 0.25) is 0 Å². The molecule has 16 nitrogen and oxygen atoms in total. The maximum absolute atomic E-state index is 12.7. The lowest BCUT2D eigenvalue weighted by molar-refractivity contribution is -0.352. The Morgan fingerprint density at radius 1 is 0.778 bits per heavy atom. The first kappa shape index (κ1) is 49.6. The summed E-state index contributed by atoms with van der Waals surface area (Å²) in [5.41, 5.74) is -1.59. The van der Waals surface area contributed by atoms with E-state index in [1.807, 2.05) is 41.5 Å². The molecular formula is C47H78O16. The second-order valence-electron chi connectivity index (χ2n) is 20.7. The summed E-state index contributed by atoms with van der Waals surface area (Å²) < 4.78 is 61.2. The Hall–Kier alpha value is -1.35. The smallest absolute Gasteiger partial charge is 0.306 e. The first-order chi connectivity index (χ1) is 29.7. The number of esters is 1. The van der Waals surface area contributed by atoms with Crippen molar-refractivity contribution in [3.8, 4) is 0 Å². The molecule has 4 aliphatic carbocycles. The maximum atomic E-state index is 12.7. The lowest BCUT2D eigenvalue weighted by Gasteiger charge is -2.64. The number of carbonyl (C=O) groups excluding carboxylic acids is 1. The Morgan fingerprint density at radius 3 is 2.00 bits per heavy atom. The van der Waals surface area contributed by atoms with Gasteiger partial charge in [0.05, 0.1) is 54.4 Å². The fourth-order valence-corrected chi connectivity index (χ4v) is 13.2. The van der Waals surface area contributed by atoms with Crippen molar-refractivity contribution in [3.05, 3.63) is 11.6 Å². The Morgan fingerprint density at radius 2 is 1.40 bits per heavy atom. The van der Waals surface area contributed by atoms with E-state index in [1.54, 1.807) is 21.1 Å². The summed E-state index contributed by atoms with van der Waals surface area (Å²) in [4.78, 5) is 12.7. The summed E-state index contributed by atoms with van der Waals surface area (Å²) in [6, 6.07) is 0. The number of hydrogen-bond donors (Lipinski definition) is 5. The third-order valence-electron chi connectivity index (χ3n) is 16.7. The van der Waals surface area contributed by atoms with Crippen LogP contribution in [-0.2, 0) is 52.2 Å². The fraction of sp³-hybridized carbons (Fsp3) is 0.936. The number of aliphatic hydroxyl groups excluding tert-OH is 4. The van der Waals surface area contributed by atoms with Crippen molar-refractivity contribution in [1.29, 1.82) is 0 Å². The molecule has 3 saturated heterocycles. The van der Waals surface area contributed by atoms with Crippen molar-refractivity contribution in [2.24, 2.45) is 34.5 Å². The molecule has 362 valence electrons. The molecule has 0 radical (unpaired) electrons. The maximum Gasteiger partial charge on any atom is 0.306 e. The third-order valence-corrected chi connectivity index (χ3v) is 16.7. The average molecular weight is 899 g/mol. The largest absolute Gasteiger partial charge is 0.462 e. The lowest BCUT2D eigenvalue weighted by atomic mass is 9.44. The van der Waals surface area contributed by atoms with Gasteiger partial charge < -0.3 is 72.9 Å². The fourth-order valence-electron chi connectivity index (χ4n) is 13.2. The number of aliphatic hydroxyl groups is 5. The van der Waals surface area contributed by atoms with Crippen molar-refractivity contribution >= 4 is 5.97 Å². The van der Waals surface area contributed by atoms with Crippen LogP contribution in [-0.4, -0.2) is 163 Å². The zero-order valence-electron chi connectivity index (χ0n) is 39.3. The summed E-state index contributed by atoms with van der Waals surface area (Å²) in [5, 5.41) is 58.2. The molecule has 3 saturated carbocycles. The SMILES string of the molecule is COC1CC(OC2CCC3(C)C(=CCC4C3C(O)C(O)C3(C)C(C(C)OC(=O)CC(C)C)CCC43O)C2)OC(C)C1OC1CC(OC)C(OC2OC(C)C(O)C(OC)C2O)C(C)O1. The molecular weight excluding hydrogens is 821 g/mol. The van der Waals surface area contributed by atoms with E-state index >= 15 is 0 Å². The molecule has 3 aliphatic heterocycles. The van der Waals surface area contributed by atoms with Gasteiger partial charge in [-0.1, -0.05) is 39.3 Å². The van der Waals surface area contributed by atoms with Crippen molar-refractivity contribution in [2.75, 3.05) is 21.3 Å². The van der Waals surface area contributed by atoms with E-state index < -0.39 is 109 Å². The van der Waals surface area contributed by atoms with Crippen LogP contribution in [0.5, 0.6) is 0 Å². The van der Waals surface area contributed by atoms with Crippen LogP contribution in [0, 0.1) is 34.5 Å². The van der Waals surface area contributed by atoms with Crippen molar-refractivity contribution in [3.63, 3.8) is 0 Å². The number of rotatable bonds is 13. The monoisotopic (exact) mass is 899 g/mol. The van der Waals surface area contributed by atoms with Gasteiger partial charge in [-0.3, -0.25) is 4.79 Å². The molecule has 7 aliphatic rings. The first-order valence-corrected chi connectivity index (χ1v) is 23.6. The number of allylic oxidation sites excluding steroid dienone is 1. The standard InChI is InChI=1S/C47H78O16/c1-22(2)18-33(48)57-23(3)29-15-17-47(53)30-13-12-27-19-28(14-16-45(27,7)36(30)38(50)43(52)46(29,47)8)61-34-20-31(54-9)40(25(5)58-34)62-35-21-32(55-10)41(26(6)59-35)63-44-39(51)42(56-11)37(49)24(4)60-44/h12,22-26,28-32,34-44,49-53H,13-21H2,1-11H3. The minimum atomic E-state index is -1.25. The van der Waals surface area contributed by atoms with Gasteiger partial charge in [0.1, 0.15) is 36.6 Å². The van der Waals surface area contributed by atoms with Crippen molar-refractivity contribution in [2.45, 2.75) is 223 Å². The van der Waals surface area contributed by atoms with Crippen molar-refractivity contribution in [1.82, 2.24) is 0 Å². The minimum absolute atomic E-state index is 0.150. The van der Waals surface area contributed by atoms with E-state index in [0.717, 1.165) is 0 Å². The molecule has 6 fully saturated rings. The van der Waals surface area contributed by atoms with Crippen LogP contribution in [0.15, 0.2) is 11.6 Å². The van der Waals surface area contributed by atoms with Gasteiger partial charge >= 0.3 is 5.97 Å². The van der Waals surface area contributed by atoms with E-state index in [2.05, 4.69) is 13.0 Å². The minimum Gasteiger partial charge on any atom is -0.462 e. The highest BCUT2D eigenvalue weighted by Gasteiger charge is 2.73. The summed E-state index contributed by atoms with van der Waals surface area (Å²) in [7, 11) is 4.65. The molecule has 0 aromatic heterocycles. The topological polar surface area (TPSA) is 211 Å². The van der Waals surface area contributed by atoms with Gasteiger partial charge in [-0.15, -0.1) is 0 Å². The molecule has 0 bridgehead atoms. The molecule has 3 heterocycles. The molecule has 0 amide bonds. The molecule has 63 heavy (non-hydrogen) atoms. The number of methoxy groups -OCH3 is 3.